The van der Waals surface area contributed by atoms with Gasteiger partial charge in [0.1, 0.15) is 6.61 Å². The van der Waals surface area contributed by atoms with E-state index < -0.39 is 0 Å². The fourth-order valence-electron chi connectivity index (χ4n) is 3.32. The number of benzene rings is 2. The molecule has 4 heteroatoms. The quantitative estimate of drug-likeness (QED) is 0.906. The number of hydrogen-bond donors (Lipinski definition) is 1. The summed E-state index contributed by atoms with van der Waals surface area (Å²) in [6, 6.07) is 17.0. The fourth-order valence-corrected chi connectivity index (χ4v) is 3.32. The average molecular weight is 336 g/mol. The van der Waals surface area contributed by atoms with Crippen LogP contribution >= 0.6 is 0 Å². The Kier molecular flexibility index (Phi) is 4.70. The summed E-state index contributed by atoms with van der Waals surface area (Å²) in [4.78, 5) is 14.3. The predicted molar refractivity (Wildman–Crippen MR) is 97.0 cm³/mol. The number of rotatable bonds is 5. The zero-order valence-corrected chi connectivity index (χ0v) is 14.4. The lowest BCUT2D eigenvalue weighted by molar-refractivity contribution is 0.0917. The van der Waals surface area contributed by atoms with Crippen LogP contribution in [0.1, 0.15) is 35.1 Å². The highest BCUT2D eigenvalue weighted by molar-refractivity contribution is 5.68. The lowest BCUT2D eigenvalue weighted by Crippen LogP contribution is -2.37. The maximum atomic E-state index is 12.5. The molecule has 2 aromatic rings. The minimum absolute atomic E-state index is 0.223. The minimum atomic E-state index is -0.223. The van der Waals surface area contributed by atoms with Crippen LogP contribution in [-0.2, 0) is 30.9 Å². The molecule has 2 aromatic carbocycles. The van der Waals surface area contributed by atoms with Crippen molar-refractivity contribution in [1.29, 1.82) is 0 Å². The van der Waals surface area contributed by atoms with E-state index in [0.717, 1.165) is 25.1 Å². The molecule has 1 aliphatic heterocycles. The number of amides is 1. The van der Waals surface area contributed by atoms with Gasteiger partial charge in [-0.05, 0) is 41.5 Å². The van der Waals surface area contributed by atoms with E-state index in [2.05, 4.69) is 23.5 Å². The lowest BCUT2D eigenvalue weighted by Gasteiger charge is -2.30. The predicted octanol–water partition coefficient (Wildman–Crippen LogP) is 3.63. The summed E-state index contributed by atoms with van der Waals surface area (Å²) < 4.78 is 5.50. The van der Waals surface area contributed by atoms with Crippen LogP contribution in [0.15, 0.2) is 48.5 Å². The molecule has 1 fully saturated rings. The first-order valence-corrected chi connectivity index (χ1v) is 9.08. The molecule has 1 N–H and O–H groups in total. The maximum Gasteiger partial charge on any atom is 0.410 e. The van der Waals surface area contributed by atoms with Crippen molar-refractivity contribution in [3.63, 3.8) is 0 Å². The molecule has 0 saturated heterocycles. The van der Waals surface area contributed by atoms with Crippen molar-refractivity contribution in [2.45, 2.75) is 45.0 Å². The Morgan fingerprint density at radius 1 is 1.12 bits per heavy atom. The Morgan fingerprint density at radius 2 is 1.96 bits per heavy atom. The summed E-state index contributed by atoms with van der Waals surface area (Å²) in [6.07, 6.45) is 3.24. The van der Waals surface area contributed by atoms with Crippen molar-refractivity contribution in [3.8, 4) is 0 Å². The number of nitrogens with one attached hydrogen (secondary N) is 1. The highest BCUT2D eigenvalue weighted by atomic mass is 16.6. The summed E-state index contributed by atoms with van der Waals surface area (Å²) >= 11 is 0. The van der Waals surface area contributed by atoms with Gasteiger partial charge in [-0.2, -0.15) is 0 Å². The van der Waals surface area contributed by atoms with Gasteiger partial charge < -0.3 is 15.0 Å². The van der Waals surface area contributed by atoms with Gasteiger partial charge in [0.05, 0.1) is 0 Å². The average Bonchev–Trinajstić information content (AvgIpc) is 3.49. The second-order valence-electron chi connectivity index (χ2n) is 6.92. The molecule has 0 bridgehead atoms. The van der Waals surface area contributed by atoms with Gasteiger partial charge in [-0.1, -0.05) is 48.5 Å². The molecular weight excluding hydrogens is 312 g/mol. The van der Waals surface area contributed by atoms with Crippen molar-refractivity contribution in [3.05, 3.63) is 70.8 Å². The molecule has 4 nitrogen and oxygen atoms in total. The van der Waals surface area contributed by atoms with E-state index in [-0.39, 0.29) is 6.09 Å². The summed E-state index contributed by atoms with van der Waals surface area (Å²) in [5.74, 6) is 0. The van der Waals surface area contributed by atoms with Gasteiger partial charge in [-0.3, -0.25) is 0 Å². The Labute approximate surface area is 148 Å². The first-order chi connectivity index (χ1) is 12.3. The second kappa shape index (κ2) is 7.28. The number of nitrogens with zero attached hydrogens (tertiary/aromatic N) is 1. The first-order valence-electron chi connectivity index (χ1n) is 9.08. The molecule has 1 heterocycles. The van der Waals surface area contributed by atoms with Crippen LogP contribution in [0.5, 0.6) is 0 Å². The standard InChI is InChI=1S/C21H24N2O2/c24-21(25-15-16-5-2-1-3-6-16)23-12-11-17-7-4-8-18(20(17)14-23)13-22-19-9-10-19/h1-8,19,22H,9-15H2. The van der Waals surface area contributed by atoms with E-state index >= 15 is 0 Å². The smallest absolute Gasteiger partial charge is 0.410 e. The third-order valence-electron chi connectivity index (χ3n) is 4.99. The van der Waals surface area contributed by atoms with Crippen LogP contribution in [0.2, 0.25) is 0 Å². The largest absolute Gasteiger partial charge is 0.445 e. The van der Waals surface area contributed by atoms with Gasteiger partial charge in [0.2, 0.25) is 0 Å². The van der Waals surface area contributed by atoms with E-state index in [4.69, 9.17) is 4.74 Å². The van der Waals surface area contributed by atoms with Crippen molar-refractivity contribution in [2.24, 2.45) is 0 Å². The van der Waals surface area contributed by atoms with Crippen molar-refractivity contribution >= 4 is 6.09 Å². The molecule has 130 valence electrons. The SMILES string of the molecule is O=C(OCc1ccccc1)N1CCc2cccc(CNC3CC3)c2C1. The van der Waals surface area contributed by atoms with Crippen LogP contribution < -0.4 is 5.32 Å². The molecule has 25 heavy (non-hydrogen) atoms. The number of carbonyl (C=O) groups excluding carboxylic acids is 1. The highest BCUT2D eigenvalue weighted by Gasteiger charge is 2.25. The normalized spacial score (nSPS) is 16.4. The summed E-state index contributed by atoms with van der Waals surface area (Å²) in [7, 11) is 0. The van der Waals surface area contributed by atoms with Gasteiger partial charge in [0, 0.05) is 25.7 Å². The monoisotopic (exact) mass is 336 g/mol. The molecule has 0 unspecified atom stereocenters. The van der Waals surface area contributed by atoms with Gasteiger partial charge in [-0.25, -0.2) is 4.79 Å². The van der Waals surface area contributed by atoms with Gasteiger partial charge in [0.15, 0.2) is 0 Å². The van der Waals surface area contributed by atoms with Crippen LogP contribution in [0.4, 0.5) is 4.79 Å². The van der Waals surface area contributed by atoms with E-state index in [1.54, 1.807) is 0 Å². The number of ether oxygens (including phenoxy) is 1. The van der Waals surface area contributed by atoms with Gasteiger partial charge in [0.25, 0.3) is 0 Å². The Bertz CT molecular complexity index is 741. The molecule has 1 aliphatic carbocycles. The van der Waals surface area contributed by atoms with E-state index in [0.29, 0.717) is 19.2 Å². The summed E-state index contributed by atoms with van der Waals surface area (Å²) in [5, 5.41) is 3.58. The molecule has 0 atom stereocenters. The van der Waals surface area contributed by atoms with E-state index in [1.165, 1.54) is 29.5 Å². The molecule has 0 spiro atoms. The van der Waals surface area contributed by atoms with Gasteiger partial charge >= 0.3 is 6.09 Å². The highest BCUT2D eigenvalue weighted by Crippen LogP contribution is 2.25. The Hall–Kier alpha value is -2.33. The van der Waals surface area contributed by atoms with Crippen LogP contribution in [0.3, 0.4) is 0 Å². The summed E-state index contributed by atoms with van der Waals surface area (Å²) in [5.41, 5.74) is 4.98. The van der Waals surface area contributed by atoms with Crippen LogP contribution in [0.25, 0.3) is 0 Å². The zero-order chi connectivity index (χ0) is 17.1. The molecule has 1 saturated carbocycles. The second-order valence-corrected chi connectivity index (χ2v) is 6.92. The third-order valence-corrected chi connectivity index (χ3v) is 4.99. The minimum Gasteiger partial charge on any atom is -0.445 e. The first kappa shape index (κ1) is 16.2. The Morgan fingerprint density at radius 3 is 2.76 bits per heavy atom. The molecule has 0 aromatic heterocycles. The van der Waals surface area contributed by atoms with Crippen LogP contribution in [0, 0.1) is 0 Å². The third kappa shape index (κ3) is 4.02. The molecule has 1 amide bonds. The lowest BCUT2D eigenvalue weighted by atomic mass is 9.95. The van der Waals surface area contributed by atoms with Gasteiger partial charge in [-0.15, -0.1) is 0 Å². The summed E-state index contributed by atoms with van der Waals surface area (Å²) in [6.45, 7) is 2.58. The molecule has 4 rings (SSSR count). The number of hydrogen-bond acceptors (Lipinski definition) is 3. The molecule has 0 radical (unpaired) electrons. The van der Waals surface area contributed by atoms with Crippen molar-refractivity contribution < 1.29 is 9.53 Å². The zero-order valence-electron chi connectivity index (χ0n) is 14.4. The van der Waals surface area contributed by atoms with Crippen molar-refractivity contribution in [2.75, 3.05) is 6.54 Å². The fraction of sp³-hybridized carbons (Fsp3) is 0.381. The van der Waals surface area contributed by atoms with E-state index in [9.17, 15) is 4.79 Å². The number of fused-ring (bicyclic) bond motifs is 1. The molecular formula is C21H24N2O2. The topological polar surface area (TPSA) is 41.6 Å². The number of carbonyl (C=O) groups is 1. The Balaban J connectivity index is 1.39. The van der Waals surface area contributed by atoms with E-state index in [1.807, 2.05) is 35.2 Å². The molecule has 2 aliphatic rings. The maximum absolute atomic E-state index is 12.5. The van der Waals surface area contributed by atoms with Crippen molar-refractivity contribution in [1.82, 2.24) is 10.2 Å². The van der Waals surface area contributed by atoms with Crippen LogP contribution in [-0.4, -0.2) is 23.6 Å².